The number of allylic oxidation sites excluding steroid dienone is 1. The van der Waals surface area contributed by atoms with Crippen LogP contribution in [0.2, 0.25) is 0 Å². The summed E-state index contributed by atoms with van der Waals surface area (Å²) in [6.07, 6.45) is 2.03. The molecule has 1 aromatic heterocycles. The molecule has 1 heterocycles. The predicted molar refractivity (Wildman–Crippen MR) is 79.7 cm³/mol. The Morgan fingerprint density at radius 1 is 0.950 bits per heavy atom. The minimum atomic E-state index is 0.549. The van der Waals surface area contributed by atoms with Crippen LogP contribution in [0.15, 0.2) is 65.2 Å². The minimum absolute atomic E-state index is 0.549. The molecule has 98 valence electrons. The number of benzene rings is 2. The SMILES string of the molecule is C/C(=C\c1ccccc1)c1nc(-c2ccccc2)no1. The maximum absolute atomic E-state index is 5.32. The molecule has 3 heteroatoms. The Kier molecular flexibility index (Phi) is 3.42. The lowest BCUT2D eigenvalue weighted by atomic mass is 10.1. The van der Waals surface area contributed by atoms with E-state index in [1.165, 1.54) is 0 Å². The first kappa shape index (κ1) is 12.4. The van der Waals surface area contributed by atoms with Crippen molar-refractivity contribution in [2.45, 2.75) is 6.92 Å². The fourth-order valence-corrected chi connectivity index (χ4v) is 1.95. The molecule has 0 spiro atoms. The Morgan fingerprint density at radius 2 is 1.60 bits per heavy atom. The maximum Gasteiger partial charge on any atom is 0.253 e. The second kappa shape index (κ2) is 5.53. The van der Waals surface area contributed by atoms with Gasteiger partial charge in [-0.15, -0.1) is 0 Å². The van der Waals surface area contributed by atoms with Crippen molar-refractivity contribution in [2.75, 3.05) is 0 Å². The number of aromatic nitrogens is 2. The number of hydrogen-bond acceptors (Lipinski definition) is 3. The smallest absolute Gasteiger partial charge is 0.253 e. The van der Waals surface area contributed by atoms with E-state index in [0.29, 0.717) is 11.7 Å². The largest absolute Gasteiger partial charge is 0.334 e. The molecule has 3 nitrogen and oxygen atoms in total. The minimum Gasteiger partial charge on any atom is -0.334 e. The van der Waals surface area contributed by atoms with Gasteiger partial charge in [0.25, 0.3) is 5.89 Å². The molecular weight excluding hydrogens is 248 g/mol. The molecule has 3 rings (SSSR count). The fourth-order valence-electron chi connectivity index (χ4n) is 1.95. The van der Waals surface area contributed by atoms with Gasteiger partial charge in [-0.2, -0.15) is 4.98 Å². The first-order valence-electron chi connectivity index (χ1n) is 6.46. The summed E-state index contributed by atoms with van der Waals surface area (Å²) in [7, 11) is 0. The van der Waals surface area contributed by atoms with Crippen LogP contribution >= 0.6 is 0 Å². The third kappa shape index (κ3) is 2.67. The molecule has 0 aliphatic rings. The van der Waals surface area contributed by atoms with Gasteiger partial charge in [0, 0.05) is 11.1 Å². The maximum atomic E-state index is 5.32. The predicted octanol–water partition coefficient (Wildman–Crippen LogP) is 4.30. The fraction of sp³-hybridized carbons (Fsp3) is 0.0588. The zero-order chi connectivity index (χ0) is 13.8. The van der Waals surface area contributed by atoms with Gasteiger partial charge in [0.05, 0.1) is 0 Å². The summed E-state index contributed by atoms with van der Waals surface area (Å²) in [6.45, 7) is 1.97. The average Bonchev–Trinajstić information content (AvgIpc) is 2.99. The van der Waals surface area contributed by atoms with Crippen molar-refractivity contribution in [1.29, 1.82) is 0 Å². The normalized spacial score (nSPS) is 11.6. The molecule has 0 aliphatic carbocycles. The highest BCUT2D eigenvalue weighted by molar-refractivity contribution is 5.77. The van der Waals surface area contributed by atoms with Crippen LogP contribution in [-0.2, 0) is 0 Å². The molecule has 0 atom stereocenters. The van der Waals surface area contributed by atoms with Gasteiger partial charge in [-0.1, -0.05) is 65.8 Å². The monoisotopic (exact) mass is 262 g/mol. The Morgan fingerprint density at radius 3 is 2.30 bits per heavy atom. The molecule has 0 amide bonds. The first-order valence-corrected chi connectivity index (χ1v) is 6.46. The van der Waals surface area contributed by atoms with Crippen molar-refractivity contribution in [3.63, 3.8) is 0 Å². The lowest BCUT2D eigenvalue weighted by Crippen LogP contribution is -1.82. The van der Waals surface area contributed by atoms with E-state index in [9.17, 15) is 0 Å². The van der Waals surface area contributed by atoms with Gasteiger partial charge in [0.15, 0.2) is 0 Å². The standard InChI is InChI=1S/C17H14N2O/c1-13(12-14-8-4-2-5-9-14)17-18-16(19-20-17)15-10-6-3-7-11-15/h2-12H,1H3/b13-12+. The summed E-state index contributed by atoms with van der Waals surface area (Å²) >= 11 is 0. The van der Waals surface area contributed by atoms with Crippen LogP contribution in [0.4, 0.5) is 0 Å². The van der Waals surface area contributed by atoms with Crippen LogP contribution in [0, 0.1) is 0 Å². The van der Waals surface area contributed by atoms with E-state index in [1.54, 1.807) is 0 Å². The van der Waals surface area contributed by atoms with Crippen molar-refractivity contribution in [2.24, 2.45) is 0 Å². The second-order valence-corrected chi connectivity index (χ2v) is 4.53. The Bertz CT molecular complexity index is 715. The highest BCUT2D eigenvalue weighted by Crippen LogP contribution is 2.20. The van der Waals surface area contributed by atoms with E-state index in [-0.39, 0.29) is 0 Å². The van der Waals surface area contributed by atoms with Crippen LogP contribution in [0.5, 0.6) is 0 Å². The zero-order valence-electron chi connectivity index (χ0n) is 11.2. The Balaban J connectivity index is 1.89. The molecule has 2 aromatic carbocycles. The van der Waals surface area contributed by atoms with Gasteiger partial charge in [-0.25, -0.2) is 0 Å². The molecule has 0 saturated carbocycles. The lowest BCUT2D eigenvalue weighted by Gasteiger charge is -1.95. The highest BCUT2D eigenvalue weighted by atomic mass is 16.5. The number of hydrogen-bond donors (Lipinski definition) is 0. The summed E-state index contributed by atoms with van der Waals surface area (Å²) in [4.78, 5) is 4.43. The lowest BCUT2D eigenvalue weighted by molar-refractivity contribution is 0.408. The van der Waals surface area contributed by atoms with Crippen LogP contribution in [0.25, 0.3) is 23.0 Å². The zero-order valence-corrected chi connectivity index (χ0v) is 11.2. The molecule has 0 N–H and O–H groups in total. The van der Waals surface area contributed by atoms with Gasteiger partial charge in [-0.3, -0.25) is 0 Å². The van der Waals surface area contributed by atoms with Crippen LogP contribution in [0.1, 0.15) is 18.4 Å². The highest BCUT2D eigenvalue weighted by Gasteiger charge is 2.09. The summed E-state index contributed by atoms with van der Waals surface area (Å²) in [6, 6.07) is 19.9. The average molecular weight is 262 g/mol. The van der Waals surface area contributed by atoms with Gasteiger partial charge in [0.2, 0.25) is 5.82 Å². The van der Waals surface area contributed by atoms with Crippen LogP contribution in [0.3, 0.4) is 0 Å². The first-order chi connectivity index (χ1) is 9.83. The molecule has 3 aromatic rings. The number of rotatable bonds is 3. The van der Waals surface area contributed by atoms with Crippen molar-refractivity contribution in [1.82, 2.24) is 10.1 Å². The summed E-state index contributed by atoms with van der Waals surface area (Å²) in [5.41, 5.74) is 3.02. The van der Waals surface area contributed by atoms with E-state index in [4.69, 9.17) is 4.52 Å². The van der Waals surface area contributed by atoms with E-state index in [2.05, 4.69) is 10.1 Å². The van der Waals surface area contributed by atoms with E-state index < -0.39 is 0 Å². The van der Waals surface area contributed by atoms with Gasteiger partial charge < -0.3 is 4.52 Å². The van der Waals surface area contributed by atoms with E-state index >= 15 is 0 Å². The molecular formula is C17H14N2O. The van der Waals surface area contributed by atoms with Crippen molar-refractivity contribution < 1.29 is 4.52 Å². The Hall–Kier alpha value is -2.68. The van der Waals surface area contributed by atoms with Gasteiger partial charge >= 0.3 is 0 Å². The molecule has 0 radical (unpaired) electrons. The molecule has 0 aliphatic heterocycles. The summed E-state index contributed by atoms with van der Waals surface area (Å²) in [5, 5.41) is 4.02. The van der Waals surface area contributed by atoms with E-state index in [1.807, 2.05) is 73.7 Å². The summed E-state index contributed by atoms with van der Waals surface area (Å²) in [5.74, 6) is 1.16. The third-order valence-electron chi connectivity index (χ3n) is 2.98. The molecule has 20 heavy (non-hydrogen) atoms. The van der Waals surface area contributed by atoms with Crippen molar-refractivity contribution in [3.05, 3.63) is 72.1 Å². The van der Waals surface area contributed by atoms with Gasteiger partial charge in [-0.05, 0) is 18.6 Å². The van der Waals surface area contributed by atoms with E-state index in [0.717, 1.165) is 16.7 Å². The van der Waals surface area contributed by atoms with Crippen molar-refractivity contribution >= 4 is 11.6 Å². The molecule has 0 bridgehead atoms. The summed E-state index contributed by atoms with van der Waals surface area (Å²) < 4.78 is 5.32. The van der Waals surface area contributed by atoms with Gasteiger partial charge in [0.1, 0.15) is 0 Å². The van der Waals surface area contributed by atoms with Crippen LogP contribution in [-0.4, -0.2) is 10.1 Å². The molecule has 0 saturated heterocycles. The Labute approximate surface area is 117 Å². The van der Waals surface area contributed by atoms with Crippen molar-refractivity contribution in [3.8, 4) is 11.4 Å². The third-order valence-corrected chi connectivity index (χ3v) is 2.98. The molecule has 0 unspecified atom stereocenters. The quantitative estimate of drug-likeness (QED) is 0.706. The van der Waals surface area contributed by atoms with Crippen LogP contribution < -0.4 is 0 Å². The topological polar surface area (TPSA) is 38.9 Å². The second-order valence-electron chi connectivity index (χ2n) is 4.53. The molecule has 0 fully saturated rings. The number of nitrogens with zero attached hydrogens (tertiary/aromatic N) is 2.